The second kappa shape index (κ2) is 9.16. The zero-order valence-electron chi connectivity index (χ0n) is 15.3. The second-order valence-corrected chi connectivity index (χ2v) is 6.17. The van der Waals surface area contributed by atoms with E-state index in [1.807, 2.05) is 30.3 Å². The van der Waals surface area contributed by atoms with Crippen molar-refractivity contribution in [3.63, 3.8) is 0 Å². The Hall–Kier alpha value is -4.16. The Balaban J connectivity index is 1.61. The van der Waals surface area contributed by atoms with Crippen molar-refractivity contribution in [3.05, 3.63) is 71.3 Å². The molecule has 2 amide bonds. The van der Waals surface area contributed by atoms with E-state index in [0.717, 1.165) is 11.1 Å². The van der Waals surface area contributed by atoms with E-state index in [-0.39, 0.29) is 11.3 Å². The lowest BCUT2D eigenvalue weighted by atomic mass is 10.1. The molecule has 1 atom stereocenters. The van der Waals surface area contributed by atoms with Crippen LogP contribution in [0.3, 0.4) is 0 Å². The van der Waals surface area contributed by atoms with Crippen molar-refractivity contribution in [2.45, 2.75) is 18.9 Å². The maximum absolute atomic E-state index is 12.1. The topological polar surface area (TPSA) is 95.8 Å². The summed E-state index contributed by atoms with van der Waals surface area (Å²) in [6.45, 7) is 0. The summed E-state index contributed by atoms with van der Waals surface area (Å²) in [4.78, 5) is 38.8. The minimum atomic E-state index is -1.01. The standard InChI is InChI=1S/C23H16N2O4/c26-21-19(10-4-8-16-6-2-1-3-7-16)24-22(27)20(25-21)11-5-9-17-12-14-18(15-13-17)23(28)29/h1-3,6-7,12-15,20H,8-9H2,(H,25,26)(H,28,29). The van der Waals surface area contributed by atoms with E-state index in [4.69, 9.17) is 5.11 Å². The van der Waals surface area contributed by atoms with E-state index in [1.54, 1.807) is 12.1 Å². The highest BCUT2D eigenvalue weighted by molar-refractivity contribution is 6.48. The van der Waals surface area contributed by atoms with Crippen molar-refractivity contribution >= 4 is 23.5 Å². The summed E-state index contributed by atoms with van der Waals surface area (Å²) >= 11 is 0. The number of carbonyl (C=O) groups is 3. The summed E-state index contributed by atoms with van der Waals surface area (Å²) in [7, 11) is 0. The SMILES string of the molecule is O=C1NC(C#CCc2ccc(C(=O)O)cc2)C(=O)N=C1C#CCc1ccccc1. The van der Waals surface area contributed by atoms with Gasteiger partial charge in [-0.15, -0.1) is 0 Å². The van der Waals surface area contributed by atoms with Gasteiger partial charge in [-0.1, -0.05) is 60.2 Å². The number of nitrogens with one attached hydrogen (secondary N) is 1. The first-order valence-corrected chi connectivity index (χ1v) is 8.80. The lowest BCUT2D eigenvalue weighted by Crippen LogP contribution is -2.47. The number of carbonyl (C=O) groups excluding carboxylic acids is 2. The summed E-state index contributed by atoms with van der Waals surface area (Å²) in [6.07, 6.45) is 0.762. The van der Waals surface area contributed by atoms with Crippen LogP contribution < -0.4 is 5.32 Å². The second-order valence-electron chi connectivity index (χ2n) is 6.17. The molecule has 29 heavy (non-hydrogen) atoms. The molecule has 1 aliphatic heterocycles. The van der Waals surface area contributed by atoms with Gasteiger partial charge >= 0.3 is 5.97 Å². The molecule has 0 saturated carbocycles. The molecule has 0 aliphatic carbocycles. The number of carboxylic acid groups (broad SMARTS) is 1. The summed E-state index contributed by atoms with van der Waals surface area (Å²) < 4.78 is 0. The normalized spacial score (nSPS) is 15.2. The van der Waals surface area contributed by atoms with Crippen LogP contribution in [-0.2, 0) is 22.4 Å². The number of benzene rings is 2. The first kappa shape index (κ1) is 19.6. The van der Waals surface area contributed by atoms with Gasteiger partial charge in [-0.25, -0.2) is 4.79 Å². The fraction of sp³-hybridized carbons (Fsp3) is 0.130. The van der Waals surface area contributed by atoms with E-state index in [1.165, 1.54) is 12.1 Å². The summed E-state index contributed by atoms with van der Waals surface area (Å²) in [6, 6.07) is 14.8. The number of rotatable bonds is 3. The van der Waals surface area contributed by atoms with E-state index in [9.17, 15) is 14.4 Å². The molecule has 6 heteroatoms. The highest BCUT2D eigenvalue weighted by Crippen LogP contribution is 2.05. The largest absolute Gasteiger partial charge is 0.478 e. The van der Waals surface area contributed by atoms with Crippen LogP contribution in [0, 0.1) is 23.7 Å². The van der Waals surface area contributed by atoms with Gasteiger partial charge in [0.25, 0.3) is 11.8 Å². The van der Waals surface area contributed by atoms with Crippen LogP contribution in [0.15, 0.2) is 59.6 Å². The fourth-order valence-corrected chi connectivity index (χ4v) is 2.52. The Kier molecular flexibility index (Phi) is 6.19. The van der Waals surface area contributed by atoms with Crippen molar-refractivity contribution in [2.24, 2.45) is 4.99 Å². The zero-order valence-corrected chi connectivity index (χ0v) is 15.3. The predicted molar refractivity (Wildman–Crippen MR) is 107 cm³/mol. The van der Waals surface area contributed by atoms with Gasteiger partial charge in [-0.05, 0) is 29.2 Å². The van der Waals surface area contributed by atoms with Crippen LogP contribution in [0.5, 0.6) is 0 Å². The molecule has 1 heterocycles. The molecule has 2 aromatic rings. The minimum absolute atomic E-state index is 0.117. The maximum Gasteiger partial charge on any atom is 0.335 e. The van der Waals surface area contributed by atoms with Gasteiger partial charge in [-0.3, -0.25) is 9.59 Å². The third kappa shape index (κ3) is 5.41. The number of carboxylic acids is 1. The molecular weight excluding hydrogens is 368 g/mol. The smallest absolute Gasteiger partial charge is 0.335 e. The van der Waals surface area contributed by atoms with Crippen LogP contribution in [0.1, 0.15) is 21.5 Å². The van der Waals surface area contributed by atoms with E-state index >= 15 is 0 Å². The van der Waals surface area contributed by atoms with Crippen molar-refractivity contribution in [3.8, 4) is 23.7 Å². The Morgan fingerprint density at radius 1 is 0.966 bits per heavy atom. The fourth-order valence-electron chi connectivity index (χ4n) is 2.52. The molecule has 2 aromatic carbocycles. The van der Waals surface area contributed by atoms with Crippen molar-refractivity contribution in [1.82, 2.24) is 5.32 Å². The summed E-state index contributed by atoms with van der Waals surface area (Å²) in [5.41, 5.74) is 1.87. The minimum Gasteiger partial charge on any atom is -0.478 e. The van der Waals surface area contributed by atoms with Crippen molar-refractivity contribution in [1.29, 1.82) is 0 Å². The van der Waals surface area contributed by atoms with Gasteiger partial charge in [0.05, 0.1) is 5.56 Å². The van der Waals surface area contributed by atoms with Crippen molar-refractivity contribution in [2.75, 3.05) is 0 Å². The number of nitrogens with zero attached hydrogens (tertiary/aromatic N) is 1. The Morgan fingerprint density at radius 2 is 1.62 bits per heavy atom. The number of aliphatic imine (C=N–C) groups is 1. The highest BCUT2D eigenvalue weighted by atomic mass is 16.4. The molecule has 142 valence electrons. The van der Waals surface area contributed by atoms with E-state index < -0.39 is 23.8 Å². The molecule has 1 unspecified atom stereocenters. The Morgan fingerprint density at radius 3 is 2.31 bits per heavy atom. The van der Waals surface area contributed by atoms with Crippen LogP contribution >= 0.6 is 0 Å². The molecule has 0 aromatic heterocycles. The first-order chi connectivity index (χ1) is 14.0. The molecule has 0 fully saturated rings. The molecule has 0 saturated heterocycles. The Labute approximate surface area is 167 Å². The van der Waals surface area contributed by atoms with Crippen LogP contribution in [0.2, 0.25) is 0 Å². The van der Waals surface area contributed by atoms with Crippen LogP contribution in [0.4, 0.5) is 0 Å². The van der Waals surface area contributed by atoms with Gasteiger partial charge < -0.3 is 10.4 Å². The number of aromatic carboxylic acids is 1. The van der Waals surface area contributed by atoms with Crippen molar-refractivity contribution < 1.29 is 19.5 Å². The lowest BCUT2D eigenvalue weighted by molar-refractivity contribution is -0.124. The van der Waals surface area contributed by atoms with Gasteiger partial charge in [-0.2, -0.15) is 4.99 Å². The van der Waals surface area contributed by atoms with Crippen LogP contribution in [-0.4, -0.2) is 34.6 Å². The van der Waals surface area contributed by atoms with E-state index in [2.05, 4.69) is 34.0 Å². The van der Waals surface area contributed by atoms with E-state index in [0.29, 0.717) is 12.8 Å². The molecule has 0 spiro atoms. The third-order valence-electron chi connectivity index (χ3n) is 4.04. The number of hydrogen-bond acceptors (Lipinski definition) is 3. The molecule has 0 bridgehead atoms. The maximum atomic E-state index is 12.1. The van der Waals surface area contributed by atoms with Gasteiger partial charge in [0.2, 0.25) is 0 Å². The van der Waals surface area contributed by atoms with Gasteiger partial charge in [0.1, 0.15) is 0 Å². The monoisotopic (exact) mass is 384 g/mol. The molecule has 2 N–H and O–H groups in total. The zero-order chi connectivity index (χ0) is 20.6. The molecule has 3 rings (SSSR count). The number of hydrogen-bond donors (Lipinski definition) is 2. The number of amides is 2. The Bertz CT molecular complexity index is 1090. The average Bonchev–Trinajstić information content (AvgIpc) is 2.72. The average molecular weight is 384 g/mol. The summed E-state index contributed by atoms with van der Waals surface area (Å²) in [5.74, 6) is 8.88. The quantitative estimate of drug-likeness (QED) is 0.787. The molecule has 0 radical (unpaired) electrons. The molecule has 6 nitrogen and oxygen atoms in total. The van der Waals surface area contributed by atoms with Crippen LogP contribution in [0.25, 0.3) is 0 Å². The molecule has 1 aliphatic rings. The van der Waals surface area contributed by atoms with Gasteiger partial charge in [0, 0.05) is 12.8 Å². The highest BCUT2D eigenvalue weighted by Gasteiger charge is 2.26. The predicted octanol–water partition coefficient (Wildman–Crippen LogP) is 1.64. The molecular formula is C23H16N2O4. The first-order valence-electron chi connectivity index (χ1n) is 8.80. The lowest BCUT2D eigenvalue weighted by Gasteiger charge is -2.13. The summed E-state index contributed by atoms with van der Waals surface area (Å²) in [5, 5.41) is 11.4. The third-order valence-corrected chi connectivity index (χ3v) is 4.04. The van der Waals surface area contributed by atoms with Gasteiger partial charge in [0.15, 0.2) is 11.8 Å².